The second kappa shape index (κ2) is 7.12. The highest BCUT2D eigenvalue weighted by atomic mass is 16.2. The number of nitrogens with zero attached hydrogens (tertiary/aromatic N) is 2. The molecule has 0 saturated heterocycles. The van der Waals surface area contributed by atoms with Crippen LogP contribution in [-0.2, 0) is 0 Å². The average molecular weight is 263 g/mol. The van der Waals surface area contributed by atoms with Crippen LogP contribution in [0.5, 0.6) is 0 Å². The fourth-order valence-electron chi connectivity index (χ4n) is 2.24. The smallest absolute Gasteiger partial charge is 0.272 e. The molecule has 1 heterocycles. The van der Waals surface area contributed by atoms with Crippen molar-refractivity contribution >= 4 is 11.6 Å². The van der Waals surface area contributed by atoms with Gasteiger partial charge in [0.1, 0.15) is 5.69 Å². The van der Waals surface area contributed by atoms with Crippen LogP contribution in [0.4, 0.5) is 5.69 Å². The number of nitrogens with one attached hydrogen (secondary N) is 1. The van der Waals surface area contributed by atoms with Crippen molar-refractivity contribution in [2.45, 2.75) is 39.7 Å². The predicted molar refractivity (Wildman–Crippen MR) is 79.4 cm³/mol. The van der Waals surface area contributed by atoms with Gasteiger partial charge in [0.15, 0.2) is 0 Å². The van der Waals surface area contributed by atoms with Crippen molar-refractivity contribution in [3.63, 3.8) is 0 Å². The second-order valence-corrected chi connectivity index (χ2v) is 5.14. The molecule has 0 aliphatic heterocycles. The van der Waals surface area contributed by atoms with Crippen LogP contribution in [0.3, 0.4) is 0 Å². The van der Waals surface area contributed by atoms with Crippen LogP contribution in [-0.4, -0.2) is 35.9 Å². The van der Waals surface area contributed by atoms with Gasteiger partial charge in [-0.15, -0.1) is 0 Å². The van der Waals surface area contributed by atoms with Gasteiger partial charge in [-0.1, -0.05) is 26.7 Å². The van der Waals surface area contributed by atoms with Gasteiger partial charge in [0.2, 0.25) is 0 Å². The Morgan fingerprint density at radius 3 is 2.53 bits per heavy atom. The lowest BCUT2D eigenvalue weighted by molar-refractivity contribution is 0.0822. The molecule has 1 rings (SSSR count). The molecule has 106 valence electrons. The summed E-state index contributed by atoms with van der Waals surface area (Å²) in [5.74, 6) is 0.569. The van der Waals surface area contributed by atoms with Crippen molar-refractivity contribution in [1.82, 2.24) is 9.88 Å². The molecule has 0 aliphatic rings. The molecular weight excluding hydrogens is 238 g/mol. The summed E-state index contributed by atoms with van der Waals surface area (Å²) >= 11 is 0. The highest BCUT2D eigenvalue weighted by Gasteiger charge is 2.14. The van der Waals surface area contributed by atoms with E-state index >= 15 is 0 Å². The average Bonchev–Trinajstić information content (AvgIpc) is 2.39. The zero-order valence-electron chi connectivity index (χ0n) is 12.6. The SMILES string of the molecule is CCC(CC)C(C)Nc1ccnc(C(=O)N(C)C)c1. The molecule has 1 aromatic rings. The lowest BCUT2D eigenvalue weighted by Crippen LogP contribution is -2.26. The van der Waals surface area contributed by atoms with Gasteiger partial charge in [0.25, 0.3) is 5.91 Å². The van der Waals surface area contributed by atoms with E-state index in [-0.39, 0.29) is 5.91 Å². The van der Waals surface area contributed by atoms with Gasteiger partial charge < -0.3 is 10.2 Å². The van der Waals surface area contributed by atoms with Gasteiger partial charge >= 0.3 is 0 Å². The molecule has 1 unspecified atom stereocenters. The number of carbonyl (C=O) groups excluding carboxylic acids is 1. The van der Waals surface area contributed by atoms with Crippen molar-refractivity contribution in [2.75, 3.05) is 19.4 Å². The number of carbonyl (C=O) groups is 1. The molecule has 1 N–H and O–H groups in total. The number of aromatic nitrogens is 1. The Balaban J connectivity index is 2.80. The Kier molecular flexibility index (Phi) is 5.80. The summed E-state index contributed by atoms with van der Waals surface area (Å²) in [6.45, 7) is 6.60. The van der Waals surface area contributed by atoms with Crippen LogP contribution >= 0.6 is 0 Å². The summed E-state index contributed by atoms with van der Waals surface area (Å²) in [5, 5.41) is 3.47. The molecule has 0 saturated carbocycles. The van der Waals surface area contributed by atoms with E-state index in [1.54, 1.807) is 20.3 Å². The van der Waals surface area contributed by atoms with E-state index in [0.717, 1.165) is 18.5 Å². The van der Waals surface area contributed by atoms with Crippen LogP contribution in [0, 0.1) is 5.92 Å². The van der Waals surface area contributed by atoms with Crippen LogP contribution in [0.15, 0.2) is 18.3 Å². The zero-order valence-corrected chi connectivity index (χ0v) is 12.6. The number of amides is 1. The molecule has 0 aromatic carbocycles. The third kappa shape index (κ3) is 4.23. The quantitative estimate of drug-likeness (QED) is 0.858. The van der Waals surface area contributed by atoms with Crippen molar-refractivity contribution in [3.8, 4) is 0 Å². The van der Waals surface area contributed by atoms with Crippen LogP contribution in [0.2, 0.25) is 0 Å². The normalized spacial score (nSPS) is 12.3. The molecule has 0 bridgehead atoms. The Morgan fingerprint density at radius 2 is 2.00 bits per heavy atom. The standard InChI is InChI=1S/C15H25N3O/c1-6-12(7-2)11(3)17-13-8-9-16-14(10-13)15(19)18(4)5/h8-12H,6-7H2,1-5H3,(H,16,17). The summed E-state index contributed by atoms with van der Waals surface area (Å²) in [7, 11) is 3.47. The summed E-state index contributed by atoms with van der Waals surface area (Å²) < 4.78 is 0. The van der Waals surface area contributed by atoms with E-state index in [9.17, 15) is 4.79 Å². The largest absolute Gasteiger partial charge is 0.382 e. The van der Waals surface area contributed by atoms with Crippen molar-refractivity contribution in [2.24, 2.45) is 5.92 Å². The molecular formula is C15H25N3O. The van der Waals surface area contributed by atoms with E-state index in [4.69, 9.17) is 0 Å². The zero-order chi connectivity index (χ0) is 14.4. The van der Waals surface area contributed by atoms with E-state index in [1.807, 2.05) is 12.1 Å². The van der Waals surface area contributed by atoms with Crippen molar-refractivity contribution < 1.29 is 4.79 Å². The van der Waals surface area contributed by atoms with E-state index in [2.05, 4.69) is 31.1 Å². The maximum atomic E-state index is 11.9. The first kappa shape index (κ1) is 15.5. The minimum absolute atomic E-state index is 0.0705. The number of hydrogen-bond acceptors (Lipinski definition) is 3. The van der Waals surface area contributed by atoms with Gasteiger partial charge in [-0.2, -0.15) is 0 Å². The van der Waals surface area contributed by atoms with E-state index in [1.165, 1.54) is 4.90 Å². The summed E-state index contributed by atoms with van der Waals surface area (Å²) in [6.07, 6.45) is 3.98. The summed E-state index contributed by atoms with van der Waals surface area (Å²) in [5.41, 5.74) is 1.44. The topological polar surface area (TPSA) is 45.2 Å². The van der Waals surface area contributed by atoms with Gasteiger partial charge in [-0.25, -0.2) is 0 Å². The fraction of sp³-hybridized carbons (Fsp3) is 0.600. The maximum absolute atomic E-state index is 11.9. The second-order valence-electron chi connectivity index (χ2n) is 5.14. The number of hydrogen-bond donors (Lipinski definition) is 1. The Bertz CT molecular complexity index is 414. The molecule has 4 heteroatoms. The number of pyridine rings is 1. The van der Waals surface area contributed by atoms with Crippen LogP contribution in [0.1, 0.15) is 44.1 Å². The highest BCUT2D eigenvalue weighted by molar-refractivity contribution is 5.92. The number of rotatable bonds is 6. The lowest BCUT2D eigenvalue weighted by atomic mass is 9.95. The minimum Gasteiger partial charge on any atom is -0.382 e. The lowest BCUT2D eigenvalue weighted by Gasteiger charge is -2.23. The molecule has 0 spiro atoms. The van der Waals surface area contributed by atoms with Gasteiger partial charge in [0.05, 0.1) is 0 Å². The van der Waals surface area contributed by atoms with Gasteiger partial charge in [-0.05, 0) is 25.0 Å². The van der Waals surface area contributed by atoms with Gasteiger partial charge in [-0.3, -0.25) is 9.78 Å². The first-order valence-electron chi connectivity index (χ1n) is 6.93. The van der Waals surface area contributed by atoms with Crippen molar-refractivity contribution in [3.05, 3.63) is 24.0 Å². The van der Waals surface area contributed by atoms with Gasteiger partial charge in [0, 0.05) is 32.0 Å². The first-order valence-corrected chi connectivity index (χ1v) is 6.93. The molecule has 1 atom stereocenters. The molecule has 19 heavy (non-hydrogen) atoms. The fourth-order valence-corrected chi connectivity index (χ4v) is 2.24. The first-order chi connectivity index (χ1) is 8.99. The molecule has 0 fully saturated rings. The molecule has 0 aliphatic carbocycles. The monoisotopic (exact) mass is 263 g/mol. The predicted octanol–water partition coefficient (Wildman–Crippen LogP) is 3.02. The number of anilines is 1. The highest BCUT2D eigenvalue weighted by Crippen LogP contribution is 2.18. The van der Waals surface area contributed by atoms with Crippen molar-refractivity contribution in [1.29, 1.82) is 0 Å². The minimum atomic E-state index is -0.0705. The third-order valence-electron chi connectivity index (χ3n) is 3.54. The molecule has 1 aromatic heterocycles. The molecule has 4 nitrogen and oxygen atoms in total. The Hall–Kier alpha value is -1.58. The third-order valence-corrected chi connectivity index (χ3v) is 3.54. The summed E-state index contributed by atoms with van der Waals surface area (Å²) in [4.78, 5) is 17.5. The molecule has 0 radical (unpaired) electrons. The Morgan fingerprint density at radius 1 is 1.37 bits per heavy atom. The summed E-state index contributed by atoms with van der Waals surface area (Å²) in [6, 6.07) is 4.12. The Labute approximate surface area is 116 Å². The molecule has 1 amide bonds. The van der Waals surface area contributed by atoms with E-state index in [0.29, 0.717) is 17.7 Å². The van der Waals surface area contributed by atoms with E-state index < -0.39 is 0 Å². The maximum Gasteiger partial charge on any atom is 0.272 e. The van der Waals surface area contributed by atoms with Crippen LogP contribution in [0.25, 0.3) is 0 Å². The van der Waals surface area contributed by atoms with Crippen LogP contribution < -0.4 is 5.32 Å².